The molecule has 2 aromatic rings. The predicted octanol–water partition coefficient (Wildman–Crippen LogP) is 3.72. The van der Waals surface area contributed by atoms with Gasteiger partial charge in [-0.25, -0.2) is 4.98 Å². The standard InChI is InChI=1S/C13H15BrN2S/c1-9-7-10(14)3-4-11(9)12(15-2)8-13-16-5-6-17-13/h3-7,12,15H,8H2,1-2H3. The molecule has 0 aliphatic heterocycles. The molecule has 4 heteroatoms. The number of nitrogens with zero attached hydrogens (tertiary/aromatic N) is 1. The number of hydrogen-bond donors (Lipinski definition) is 1. The van der Waals surface area contributed by atoms with Gasteiger partial charge in [0.05, 0.1) is 5.01 Å². The average molecular weight is 311 g/mol. The number of halogens is 1. The lowest BCUT2D eigenvalue weighted by Crippen LogP contribution is -2.19. The zero-order valence-electron chi connectivity index (χ0n) is 9.90. The summed E-state index contributed by atoms with van der Waals surface area (Å²) in [4.78, 5) is 4.35. The Bertz CT molecular complexity index is 482. The minimum absolute atomic E-state index is 0.328. The Balaban J connectivity index is 2.23. The first-order valence-electron chi connectivity index (χ1n) is 5.52. The highest BCUT2D eigenvalue weighted by Gasteiger charge is 2.13. The van der Waals surface area contributed by atoms with Crippen molar-refractivity contribution >= 4 is 27.3 Å². The van der Waals surface area contributed by atoms with Crippen molar-refractivity contribution in [3.8, 4) is 0 Å². The zero-order chi connectivity index (χ0) is 12.3. The molecule has 1 heterocycles. The fraction of sp³-hybridized carbons (Fsp3) is 0.308. The zero-order valence-corrected chi connectivity index (χ0v) is 12.3. The summed E-state index contributed by atoms with van der Waals surface area (Å²) in [5.74, 6) is 0. The number of aryl methyl sites for hydroxylation is 1. The lowest BCUT2D eigenvalue weighted by atomic mass is 9.99. The average Bonchev–Trinajstić information content (AvgIpc) is 2.79. The van der Waals surface area contributed by atoms with Gasteiger partial charge in [-0.05, 0) is 37.2 Å². The number of hydrogen-bond acceptors (Lipinski definition) is 3. The summed E-state index contributed by atoms with van der Waals surface area (Å²) >= 11 is 5.21. The van der Waals surface area contributed by atoms with Crippen LogP contribution in [0.25, 0.3) is 0 Å². The van der Waals surface area contributed by atoms with E-state index >= 15 is 0 Å². The maximum atomic E-state index is 4.35. The number of thiazole rings is 1. The first-order chi connectivity index (χ1) is 8.20. The molecule has 90 valence electrons. The molecule has 0 saturated heterocycles. The van der Waals surface area contributed by atoms with Crippen LogP contribution in [0.3, 0.4) is 0 Å². The van der Waals surface area contributed by atoms with Gasteiger partial charge >= 0.3 is 0 Å². The second-order valence-electron chi connectivity index (χ2n) is 3.97. The lowest BCUT2D eigenvalue weighted by molar-refractivity contribution is 0.587. The van der Waals surface area contributed by atoms with Crippen LogP contribution in [-0.4, -0.2) is 12.0 Å². The van der Waals surface area contributed by atoms with Gasteiger partial charge in [0.15, 0.2) is 0 Å². The van der Waals surface area contributed by atoms with E-state index in [4.69, 9.17) is 0 Å². The fourth-order valence-corrected chi connectivity index (χ4v) is 3.06. The highest BCUT2D eigenvalue weighted by atomic mass is 79.9. The molecule has 0 fully saturated rings. The summed E-state index contributed by atoms with van der Waals surface area (Å²) in [7, 11) is 2.00. The molecule has 0 spiro atoms. The van der Waals surface area contributed by atoms with Crippen molar-refractivity contribution in [3.63, 3.8) is 0 Å². The maximum Gasteiger partial charge on any atom is 0.0943 e. The Kier molecular flexibility index (Phi) is 4.31. The molecule has 1 aromatic heterocycles. The van der Waals surface area contributed by atoms with E-state index in [1.165, 1.54) is 16.1 Å². The Labute approximate surface area is 114 Å². The molecule has 1 aromatic carbocycles. The van der Waals surface area contributed by atoms with E-state index in [1.807, 2.05) is 18.6 Å². The van der Waals surface area contributed by atoms with Crippen LogP contribution in [0.1, 0.15) is 22.2 Å². The number of nitrogens with one attached hydrogen (secondary N) is 1. The van der Waals surface area contributed by atoms with Crippen molar-refractivity contribution in [2.75, 3.05) is 7.05 Å². The quantitative estimate of drug-likeness (QED) is 0.931. The van der Waals surface area contributed by atoms with Crippen LogP contribution in [-0.2, 0) is 6.42 Å². The van der Waals surface area contributed by atoms with Gasteiger partial charge in [-0.2, -0.15) is 0 Å². The first kappa shape index (κ1) is 12.7. The van der Waals surface area contributed by atoms with E-state index < -0.39 is 0 Å². The van der Waals surface area contributed by atoms with Crippen molar-refractivity contribution in [2.45, 2.75) is 19.4 Å². The van der Waals surface area contributed by atoms with Crippen molar-refractivity contribution in [2.24, 2.45) is 0 Å². The largest absolute Gasteiger partial charge is 0.313 e. The predicted molar refractivity (Wildman–Crippen MR) is 76.5 cm³/mol. The van der Waals surface area contributed by atoms with E-state index in [0.717, 1.165) is 10.9 Å². The summed E-state index contributed by atoms with van der Waals surface area (Å²) in [5.41, 5.74) is 2.64. The van der Waals surface area contributed by atoms with Gasteiger partial charge in [-0.1, -0.05) is 22.0 Å². The third-order valence-corrected chi connectivity index (χ3v) is 4.11. The molecule has 0 bridgehead atoms. The van der Waals surface area contributed by atoms with Crippen molar-refractivity contribution in [1.29, 1.82) is 0 Å². The van der Waals surface area contributed by atoms with Crippen LogP contribution in [0, 0.1) is 6.92 Å². The number of aromatic nitrogens is 1. The van der Waals surface area contributed by atoms with Crippen LogP contribution in [0.15, 0.2) is 34.2 Å². The van der Waals surface area contributed by atoms with Gasteiger partial charge in [-0.15, -0.1) is 11.3 Å². The third-order valence-electron chi connectivity index (χ3n) is 2.82. The third kappa shape index (κ3) is 3.15. The highest BCUT2D eigenvalue weighted by molar-refractivity contribution is 9.10. The Morgan fingerprint density at radius 2 is 2.29 bits per heavy atom. The molecule has 2 rings (SSSR count). The topological polar surface area (TPSA) is 24.9 Å². The number of benzene rings is 1. The van der Waals surface area contributed by atoms with E-state index in [0.29, 0.717) is 6.04 Å². The maximum absolute atomic E-state index is 4.35. The monoisotopic (exact) mass is 310 g/mol. The fourth-order valence-electron chi connectivity index (χ4n) is 1.93. The van der Waals surface area contributed by atoms with Crippen molar-refractivity contribution in [3.05, 3.63) is 50.4 Å². The van der Waals surface area contributed by atoms with Crippen LogP contribution in [0.5, 0.6) is 0 Å². The van der Waals surface area contributed by atoms with Crippen LogP contribution < -0.4 is 5.32 Å². The van der Waals surface area contributed by atoms with Gasteiger partial charge in [0.1, 0.15) is 0 Å². The molecule has 1 unspecified atom stereocenters. The molecule has 0 radical (unpaired) electrons. The molecular formula is C13H15BrN2S. The van der Waals surface area contributed by atoms with Crippen molar-refractivity contribution in [1.82, 2.24) is 10.3 Å². The van der Waals surface area contributed by atoms with Crippen LogP contribution in [0.2, 0.25) is 0 Å². The Morgan fingerprint density at radius 1 is 1.47 bits per heavy atom. The minimum atomic E-state index is 0.328. The van der Waals surface area contributed by atoms with Gasteiger partial charge in [-0.3, -0.25) is 0 Å². The van der Waals surface area contributed by atoms with E-state index in [9.17, 15) is 0 Å². The molecule has 0 aliphatic rings. The minimum Gasteiger partial charge on any atom is -0.313 e. The molecule has 0 saturated carbocycles. The van der Waals surface area contributed by atoms with E-state index in [1.54, 1.807) is 11.3 Å². The highest BCUT2D eigenvalue weighted by Crippen LogP contribution is 2.24. The molecule has 1 atom stereocenters. The van der Waals surface area contributed by atoms with Crippen molar-refractivity contribution < 1.29 is 0 Å². The summed E-state index contributed by atoms with van der Waals surface area (Å²) in [5, 5.41) is 6.57. The smallest absolute Gasteiger partial charge is 0.0943 e. The molecule has 0 amide bonds. The summed E-state index contributed by atoms with van der Waals surface area (Å²) in [6.45, 7) is 2.15. The normalized spacial score (nSPS) is 12.6. The molecular weight excluding hydrogens is 296 g/mol. The van der Waals surface area contributed by atoms with Gasteiger partial charge in [0, 0.05) is 28.5 Å². The Morgan fingerprint density at radius 3 is 2.88 bits per heavy atom. The first-order valence-corrected chi connectivity index (χ1v) is 7.19. The van der Waals surface area contributed by atoms with Crippen LogP contribution in [0.4, 0.5) is 0 Å². The number of rotatable bonds is 4. The van der Waals surface area contributed by atoms with Gasteiger partial charge < -0.3 is 5.32 Å². The van der Waals surface area contributed by atoms with E-state index in [-0.39, 0.29) is 0 Å². The van der Waals surface area contributed by atoms with E-state index in [2.05, 4.69) is 51.4 Å². The van der Waals surface area contributed by atoms with Gasteiger partial charge in [0.2, 0.25) is 0 Å². The SMILES string of the molecule is CNC(Cc1nccs1)c1ccc(Br)cc1C. The van der Waals surface area contributed by atoms with Crippen LogP contribution >= 0.6 is 27.3 Å². The molecule has 2 nitrogen and oxygen atoms in total. The Hall–Kier alpha value is -0.710. The second kappa shape index (κ2) is 5.76. The van der Waals surface area contributed by atoms with Gasteiger partial charge in [0.25, 0.3) is 0 Å². The summed E-state index contributed by atoms with van der Waals surface area (Å²) < 4.78 is 1.13. The summed E-state index contributed by atoms with van der Waals surface area (Å²) in [6.07, 6.45) is 2.80. The molecule has 17 heavy (non-hydrogen) atoms. The summed E-state index contributed by atoms with van der Waals surface area (Å²) in [6, 6.07) is 6.75. The number of likely N-dealkylation sites (N-methyl/N-ethyl adjacent to an activating group) is 1. The molecule has 1 N–H and O–H groups in total. The second-order valence-corrected chi connectivity index (χ2v) is 5.87. The molecule has 0 aliphatic carbocycles. The lowest BCUT2D eigenvalue weighted by Gasteiger charge is -2.18.